The van der Waals surface area contributed by atoms with E-state index in [1.165, 1.54) is 5.56 Å². The molecule has 0 N–H and O–H groups in total. The monoisotopic (exact) mass is 464 g/mol. The zero-order chi connectivity index (χ0) is 24.4. The van der Waals surface area contributed by atoms with E-state index in [0.717, 1.165) is 36.2 Å². The zero-order valence-corrected chi connectivity index (χ0v) is 20.0. The molecule has 0 fully saturated rings. The van der Waals surface area contributed by atoms with E-state index in [4.69, 9.17) is 15.1 Å². The first-order valence-corrected chi connectivity index (χ1v) is 11.9. The fourth-order valence-corrected chi connectivity index (χ4v) is 4.70. The Balaban J connectivity index is 1.41. The van der Waals surface area contributed by atoms with Crippen molar-refractivity contribution in [1.29, 1.82) is 5.26 Å². The van der Waals surface area contributed by atoms with Crippen LogP contribution in [0, 0.1) is 11.3 Å². The maximum absolute atomic E-state index is 13.5. The summed E-state index contributed by atoms with van der Waals surface area (Å²) in [5, 5.41) is 15.8. The Morgan fingerprint density at radius 3 is 2.54 bits per heavy atom. The molecule has 3 aromatic carbocycles. The molecule has 2 aliphatic rings. The maximum atomic E-state index is 13.5. The quantitative estimate of drug-likeness (QED) is 0.470. The lowest BCUT2D eigenvalue weighted by Crippen LogP contribution is -2.45. The van der Waals surface area contributed by atoms with E-state index in [9.17, 15) is 4.79 Å². The predicted molar refractivity (Wildman–Crippen MR) is 135 cm³/mol. The third-order valence-electron chi connectivity index (χ3n) is 6.58. The van der Waals surface area contributed by atoms with Gasteiger partial charge in [0.1, 0.15) is 5.75 Å². The lowest BCUT2D eigenvalue weighted by atomic mass is 9.95. The van der Waals surface area contributed by atoms with Crippen molar-refractivity contribution in [3.05, 3.63) is 101 Å². The summed E-state index contributed by atoms with van der Waals surface area (Å²) in [6, 6.07) is 25.2. The highest BCUT2D eigenvalue weighted by Gasteiger charge is 2.43. The molecular formula is C29H28N4O2. The van der Waals surface area contributed by atoms with Gasteiger partial charge in [-0.05, 0) is 74.9 Å². The largest absolute Gasteiger partial charge is 0.461 e. The Bertz CT molecular complexity index is 1290. The van der Waals surface area contributed by atoms with E-state index in [1.54, 1.807) is 24.3 Å². The van der Waals surface area contributed by atoms with Crippen LogP contribution in [0.5, 0.6) is 5.75 Å². The molecule has 5 rings (SSSR count). The molecule has 0 saturated carbocycles. The second-order valence-corrected chi connectivity index (χ2v) is 9.31. The normalized spacial score (nSPS) is 18.3. The molecule has 2 heterocycles. The third kappa shape index (κ3) is 4.68. The minimum Gasteiger partial charge on any atom is -0.461 e. The molecule has 0 amide bonds. The minimum absolute atomic E-state index is 0.0675. The summed E-state index contributed by atoms with van der Waals surface area (Å²) in [6.45, 7) is 1.07. The second kappa shape index (κ2) is 9.73. The topological polar surface area (TPSA) is 68.9 Å². The number of fused-ring (bicyclic) bond motifs is 3. The van der Waals surface area contributed by atoms with Crippen molar-refractivity contribution in [2.45, 2.75) is 31.5 Å². The van der Waals surface area contributed by atoms with Gasteiger partial charge in [0.2, 0.25) is 5.78 Å². The first-order chi connectivity index (χ1) is 17.0. The fourth-order valence-electron chi connectivity index (χ4n) is 4.70. The number of nitriles is 1. The Kier molecular flexibility index (Phi) is 6.35. The molecule has 2 atom stereocenters. The number of para-hydroxylation sites is 1. The molecule has 0 aliphatic carbocycles. The van der Waals surface area contributed by atoms with Crippen LogP contribution in [0.15, 0.2) is 77.9 Å². The first kappa shape index (κ1) is 22.8. The van der Waals surface area contributed by atoms with Crippen LogP contribution < -0.4 is 4.74 Å². The summed E-state index contributed by atoms with van der Waals surface area (Å²) >= 11 is 0. The molecular weight excluding hydrogens is 436 g/mol. The van der Waals surface area contributed by atoms with Crippen molar-refractivity contribution in [2.24, 2.45) is 5.10 Å². The van der Waals surface area contributed by atoms with Crippen molar-refractivity contribution in [3.8, 4) is 11.8 Å². The van der Waals surface area contributed by atoms with Gasteiger partial charge in [0, 0.05) is 17.5 Å². The molecule has 0 radical (unpaired) electrons. The number of hydrogen-bond acceptors (Lipinski definition) is 6. The first-order valence-electron chi connectivity index (χ1n) is 11.9. The van der Waals surface area contributed by atoms with Crippen LogP contribution in [-0.4, -0.2) is 48.3 Å². The average molecular weight is 465 g/mol. The number of rotatable bonds is 7. The number of ketones is 1. The van der Waals surface area contributed by atoms with Gasteiger partial charge < -0.3 is 9.64 Å². The van der Waals surface area contributed by atoms with Crippen LogP contribution in [0.1, 0.15) is 51.5 Å². The molecule has 3 aromatic rings. The lowest BCUT2D eigenvalue weighted by Gasteiger charge is -2.37. The summed E-state index contributed by atoms with van der Waals surface area (Å²) in [7, 11) is 4.19. The number of Topliss-reactive ketones (excluding diaryl/α,β-unsaturated/α-hetero) is 1. The predicted octanol–water partition coefficient (Wildman–Crippen LogP) is 4.80. The standard InChI is InChI=1S/C29H28N4O2/c1-32(2)17-5-6-20-9-13-22(14-10-20)25-18-26-24-7-3-4-8-27(24)35-29(33(26)31-25)28(34)23-15-11-21(19-30)12-16-23/h3-4,7-16,26,29H,5-6,17-18H2,1-2H3. The van der Waals surface area contributed by atoms with Gasteiger partial charge in [0.05, 0.1) is 23.4 Å². The Hall–Kier alpha value is -3.95. The molecule has 176 valence electrons. The van der Waals surface area contributed by atoms with Gasteiger partial charge in [0.15, 0.2) is 0 Å². The van der Waals surface area contributed by atoms with E-state index < -0.39 is 6.23 Å². The summed E-state index contributed by atoms with van der Waals surface area (Å²) in [5.41, 5.74) is 5.38. The van der Waals surface area contributed by atoms with E-state index in [1.807, 2.05) is 29.3 Å². The molecule has 6 heteroatoms. The molecule has 2 unspecified atom stereocenters. The number of carbonyl (C=O) groups excluding carboxylic acids is 1. The summed E-state index contributed by atoms with van der Waals surface area (Å²) in [4.78, 5) is 15.7. The lowest BCUT2D eigenvalue weighted by molar-refractivity contribution is -0.00455. The van der Waals surface area contributed by atoms with Crippen molar-refractivity contribution in [3.63, 3.8) is 0 Å². The fraction of sp³-hybridized carbons (Fsp3) is 0.276. The number of hydrogen-bond donors (Lipinski definition) is 0. The average Bonchev–Trinajstić information content (AvgIpc) is 3.34. The van der Waals surface area contributed by atoms with Crippen molar-refractivity contribution in [1.82, 2.24) is 9.91 Å². The van der Waals surface area contributed by atoms with E-state index in [-0.39, 0.29) is 11.8 Å². The van der Waals surface area contributed by atoms with Crippen molar-refractivity contribution >= 4 is 11.5 Å². The van der Waals surface area contributed by atoms with Gasteiger partial charge in [-0.25, -0.2) is 5.01 Å². The molecule has 0 spiro atoms. The molecule has 0 aromatic heterocycles. The van der Waals surface area contributed by atoms with Crippen LogP contribution in [0.3, 0.4) is 0 Å². The second-order valence-electron chi connectivity index (χ2n) is 9.31. The van der Waals surface area contributed by atoms with Crippen LogP contribution in [-0.2, 0) is 6.42 Å². The van der Waals surface area contributed by atoms with Gasteiger partial charge in [-0.3, -0.25) is 4.79 Å². The number of carbonyl (C=O) groups is 1. The van der Waals surface area contributed by atoms with Gasteiger partial charge in [-0.15, -0.1) is 0 Å². The van der Waals surface area contributed by atoms with E-state index in [0.29, 0.717) is 23.3 Å². The molecule has 0 bridgehead atoms. The van der Waals surface area contributed by atoms with E-state index in [2.05, 4.69) is 49.3 Å². The SMILES string of the molecule is CN(C)CCCc1ccc(C2=NN3C(C(=O)c4ccc(C#N)cc4)Oc4ccccc4C3C2)cc1. The molecule has 0 saturated heterocycles. The van der Waals surface area contributed by atoms with E-state index >= 15 is 0 Å². The number of hydrazone groups is 1. The van der Waals surface area contributed by atoms with Gasteiger partial charge >= 0.3 is 0 Å². The number of benzene rings is 3. The zero-order valence-electron chi connectivity index (χ0n) is 20.0. The van der Waals surface area contributed by atoms with Gasteiger partial charge in [-0.1, -0.05) is 42.5 Å². The highest BCUT2D eigenvalue weighted by Crippen LogP contribution is 2.43. The Morgan fingerprint density at radius 1 is 1.09 bits per heavy atom. The molecule has 2 aliphatic heterocycles. The number of ether oxygens (including phenoxy) is 1. The highest BCUT2D eigenvalue weighted by atomic mass is 16.5. The third-order valence-corrected chi connectivity index (χ3v) is 6.58. The van der Waals surface area contributed by atoms with Crippen LogP contribution >= 0.6 is 0 Å². The summed E-state index contributed by atoms with van der Waals surface area (Å²) in [5.74, 6) is 0.545. The maximum Gasteiger partial charge on any atom is 0.251 e. The van der Waals surface area contributed by atoms with Gasteiger partial charge in [0.25, 0.3) is 6.23 Å². The number of aryl methyl sites for hydroxylation is 1. The Labute approximate surface area is 206 Å². The number of nitrogens with zero attached hydrogens (tertiary/aromatic N) is 4. The molecule has 6 nitrogen and oxygen atoms in total. The van der Waals surface area contributed by atoms with Crippen LogP contribution in [0.4, 0.5) is 0 Å². The van der Waals surface area contributed by atoms with Crippen molar-refractivity contribution < 1.29 is 9.53 Å². The summed E-state index contributed by atoms with van der Waals surface area (Å²) in [6.07, 6.45) is 2.02. The van der Waals surface area contributed by atoms with Crippen LogP contribution in [0.2, 0.25) is 0 Å². The highest BCUT2D eigenvalue weighted by molar-refractivity contribution is 6.03. The Morgan fingerprint density at radius 2 is 1.83 bits per heavy atom. The van der Waals surface area contributed by atoms with Gasteiger partial charge in [-0.2, -0.15) is 10.4 Å². The van der Waals surface area contributed by atoms with Crippen LogP contribution in [0.25, 0.3) is 0 Å². The summed E-state index contributed by atoms with van der Waals surface area (Å²) < 4.78 is 6.19. The van der Waals surface area contributed by atoms with Crippen molar-refractivity contribution in [2.75, 3.05) is 20.6 Å². The smallest absolute Gasteiger partial charge is 0.251 e. The molecule has 35 heavy (non-hydrogen) atoms. The minimum atomic E-state index is -0.856.